The minimum Gasteiger partial charge on any atom is -0.393 e. The van der Waals surface area contributed by atoms with Gasteiger partial charge in [-0.15, -0.1) is 0 Å². The van der Waals surface area contributed by atoms with Gasteiger partial charge in [-0.2, -0.15) is 0 Å². The van der Waals surface area contributed by atoms with Crippen LogP contribution in [-0.4, -0.2) is 44.4 Å². The van der Waals surface area contributed by atoms with Crippen molar-refractivity contribution >= 4 is 22.7 Å². The average molecular weight is 357 g/mol. The largest absolute Gasteiger partial charge is 0.393 e. The fourth-order valence-electron chi connectivity index (χ4n) is 3.55. The van der Waals surface area contributed by atoms with Gasteiger partial charge in [0.2, 0.25) is 5.95 Å². The fraction of sp³-hybridized carbons (Fsp3) is 0.632. The lowest BCUT2D eigenvalue weighted by Crippen LogP contribution is -2.28. The minimum absolute atomic E-state index is 0.0681. The molecule has 1 saturated carbocycles. The lowest BCUT2D eigenvalue weighted by Gasteiger charge is -2.26. The molecule has 3 N–H and O–H groups in total. The Bertz CT molecular complexity index is 789. The molecule has 1 aliphatic heterocycles. The molecular formula is C19H27N5O2. The number of nitrogens with one attached hydrogen (secondary N) is 2. The number of aliphatic hydroxyl groups excluding tert-OH is 1. The van der Waals surface area contributed by atoms with E-state index in [0.717, 1.165) is 48.1 Å². The highest BCUT2D eigenvalue weighted by Gasteiger charge is 2.37. The average Bonchev–Trinajstić information content (AvgIpc) is 3.33. The van der Waals surface area contributed by atoms with Crippen molar-refractivity contribution in [2.75, 3.05) is 10.6 Å². The molecule has 2 fully saturated rings. The van der Waals surface area contributed by atoms with E-state index >= 15 is 0 Å². The van der Waals surface area contributed by atoms with Gasteiger partial charge in [-0.1, -0.05) is 0 Å². The molecule has 2 atom stereocenters. The van der Waals surface area contributed by atoms with Gasteiger partial charge in [0.1, 0.15) is 11.6 Å². The summed E-state index contributed by atoms with van der Waals surface area (Å²) in [5.41, 5.74) is 1.75. The summed E-state index contributed by atoms with van der Waals surface area (Å²) in [7, 11) is 0. The van der Waals surface area contributed by atoms with Crippen LogP contribution in [0, 0.1) is 0 Å². The standard InChI is InChI=1S/C19H27N5O2/c1-10(2)21-18-16-12(8-15(23-18)17-11(3)26-17)9-20-19(24-16)22-13-4-6-14(25)7-5-13/h8-11,13-14,17,25H,4-7H2,1-3H3,(H,21,23)(H,20,22,24). The highest BCUT2D eigenvalue weighted by atomic mass is 16.6. The topological polar surface area (TPSA) is 95.5 Å². The SMILES string of the molecule is CC(C)Nc1nc(C2OC2C)cc2cnc(NC3CCC(O)CC3)nc12. The molecule has 7 heteroatoms. The molecule has 2 aliphatic rings. The van der Waals surface area contributed by atoms with E-state index in [1.54, 1.807) is 0 Å². The van der Waals surface area contributed by atoms with E-state index in [0.29, 0.717) is 12.0 Å². The number of pyridine rings is 1. The van der Waals surface area contributed by atoms with Gasteiger partial charge in [0, 0.05) is 23.7 Å². The van der Waals surface area contributed by atoms with Crippen LogP contribution in [0.2, 0.25) is 0 Å². The van der Waals surface area contributed by atoms with Crippen LogP contribution in [0.1, 0.15) is 58.3 Å². The molecular weight excluding hydrogens is 330 g/mol. The maximum Gasteiger partial charge on any atom is 0.223 e. The van der Waals surface area contributed by atoms with Gasteiger partial charge < -0.3 is 20.5 Å². The molecule has 0 bridgehead atoms. The Morgan fingerprint density at radius 1 is 1.19 bits per heavy atom. The lowest BCUT2D eigenvalue weighted by atomic mass is 9.93. The monoisotopic (exact) mass is 357 g/mol. The molecule has 7 nitrogen and oxygen atoms in total. The zero-order valence-electron chi connectivity index (χ0n) is 15.6. The Labute approximate surface area is 153 Å². The number of ether oxygens (including phenoxy) is 1. The maximum atomic E-state index is 9.66. The Kier molecular flexibility index (Phi) is 4.67. The molecule has 4 rings (SSSR count). The van der Waals surface area contributed by atoms with Crippen molar-refractivity contribution in [3.8, 4) is 0 Å². The van der Waals surface area contributed by atoms with E-state index in [4.69, 9.17) is 14.7 Å². The number of nitrogens with zero attached hydrogens (tertiary/aromatic N) is 3. The second-order valence-electron chi connectivity index (χ2n) is 7.74. The molecule has 0 spiro atoms. The number of rotatable bonds is 5. The minimum atomic E-state index is -0.165. The summed E-state index contributed by atoms with van der Waals surface area (Å²) in [5, 5.41) is 17.4. The Morgan fingerprint density at radius 3 is 2.58 bits per heavy atom. The Hall–Kier alpha value is -1.99. The van der Waals surface area contributed by atoms with Gasteiger partial charge >= 0.3 is 0 Å². The molecule has 3 heterocycles. The van der Waals surface area contributed by atoms with Crippen molar-refractivity contribution in [3.63, 3.8) is 0 Å². The van der Waals surface area contributed by atoms with Crippen LogP contribution >= 0.6 is 0 Å². The molecule has 0 amide bonds. The third-order valence-corrected chi connectivity index (χ3v) is 5.04. The van der Waals surface area contributed by atoms with Crippen LogP contribution < -0.4 is 10.6 Å². The van der Waals surface area contributed by atoms with Gasteiger partial charge in [0.15, 0.2) is 5.82 Å². The van der Waals surface area contributed by atoms with Crippen molar-refractivity contribution in [2.45, 2.75) is 76.9 Å². The van der Waals surface area contributed by atoms with Crippen LogP contribution in [0.5, 0.6) is 0 Å². The summed E-state index contributed by atoms with van der Waals surface area (Å²) in [6.07, 6.45) is 5.51. The first kappa shape index (κ1) is 17.4. The second kappa shape index (κ2) is 6.96. The summed E-state index contributed by atoms with van der Waals surface area (Å²) in [6.45, 7) is 6.23. The normalized spacial score (nSPS) is 28.3. The van der Waals surface area contributed by atoms with Crippen LogP contribution in [0.15, 0.2) is 12.3 Å². The highest BCUT2D eigenvalue weighted by Crippen LogP contribution is 2.39. The molecule has 2 unspecified atom stereocenters. The smallest absolute Gasteiger partial charge is 0.223 e. The van der Waals surface area contributed by atoms with Crippen LogP contribution in [0.25, 0.3) is 10.9 Å². The highest BCUT2D eigenvalue weighted by molar-refractivity contribution is 5.89. The van der Waals surface area contributed by atoms with Gasteiger partial charge in [-0.3, -0.25) is 0 Å². The van der Waals surface area contributed by atoms with E-state index in [-0.39, 0.29) is 24.4 Å². The molecule has 0 radical (unpaired) electrons. The third kappa shape index (κ3) is 3.73. The molecule has 0 aromatic carbocycles. The van der Waals surface area contributed by atoms with E-state index in [1.165, 1.54) is 0 Å². The van der Waals surface area contributed by atoms with Gasteiger partial charge in [-0.05, 0) is 52.5 Å². The molecule has 1 saturated heterocycles. The number of aromatic nitrogens is 3. The van der Waals surface area contributed by atoms with E-state index in [9.17, 15) is 5.11 Å². The summed E-state index contributed by atoms with van der Waals surface area (Å²) < 4.78 is 5.58. The number of fused-ring (bicyclic) bond motifs is 1. The van der Waals surface area contributed by atoms with E-state index in [1.807, 2.05) is 12.3 Å². The number of anilines is 2. The number of hydrogen-bond acceptors (Lipinski definition) is 7. The van der Waals surface area contributed by atoms with Crippen LogP contribution in [-0.2, 0) is 4.74 Å². The molecule has 140 valence electrons. The van der Waals surface area contributed by atoms with Crippen molar-refractivity contribution in [1.29, 1.82) is 0 Å². The molecule has 26 heavy (non-hydrogen) atoms. The summed E-state index contributed by atoms with van der Waals surface area (Å²) in [5.74, 6) is 1.40. The lowest BCUT2D eigenvalue weighted by molar-refractivity contribution is 0.126. The Morgan fingerprint density at radius 2 is 1.92 bits per heavy atom. The maximum absolute atomic E-state index is 9.66. The summed E-state index contributed by atoms with van der Waals surface area (Å²) in [4.78, 5) is 14.0. The molecule has 2 aromatic heterocycles. The van der Waals surface area contributed by atoms with Crippen molar-refractivity contribution in [2.24, 2.45) is 0 Å². The van der Waals surface area contributed by atoms with Gasteiger partial charge in [0.05, 0.1) is 17.9 Å². The number of epoxide rings is 1. The zero-order chi connectivity index (χ0) is 18.3. The van der Waals surface area contributed by atoms with Crippen LogP contribution in [0.3, 0.4) is 0 Å². The number of aliphatic hydroxyl groups is 1. The first-order chi connectivity index (χ1) is 12.5. The molecule has 1 aliphatic carbocycles. The van der Waals surface area contributed by atoms with Crippen molar-refractivity contribution in [1.82, 2.24) is 15.0 Å². The van der Waals surface area contributed by atoms with E-state index in [2.05, 4.69) is 36.4 Å². The van der Waals surface area contributed by atoms with Gasteiger partial charge in [-0.25, -0.2) is 15.0 Å². The van der Waals surface area contributed by atoms with Crippen molar-refractivity contribution < 1.29 is 9.84 Å². The predicted octanol–water partition coefficient (Wildman–Crippen LogP) is 3.02. The first-order valence-corrected chi connectivity index (χ1v) is 9.54. The number of hydrogen-bond donors (Lipinski definition) is 3. The quantitative estimate of drug-likeness (QED) is 0.708. The van der Waals surface area contributed by atoms with Gasteiger partial charge in [0.25, 0.3) is 0 Å². The fourth-order valence-corrected chi connectivity index (χ4v) is 3.55. The zero-order valence-corrected chi connectivity index (χ0v) is 15.6. The summed E-state index contributed by atoms with van der Waals surface area (Å²) in [6, 6.07) is 2.59. The third-order valence-electron chi connectivity index (χ3n) is 5.04. The Balaban J connectivity index is 1.63. The molecule has 2 aromatic rings. The van der Waals surface area contributed by atoms with E-state index < -0.39 is 0 Å². The first-order valence-electron chi connectivity index (χ1n) is 9.54. The second-order valence-corrected chi connectivity index (χ2v) is 7.74. The van der Waals surface area contributed by atoms with Crippen LogP contribution in [0.4, 0.5) is 11.8 Å². The summed E-state index contributed by atoms with van der Waals surface area (Å²) >= 11 is 0. The van der Waals surface area contributed by atoms with Crippen molar-refractivity contribution in [3.05, 3.63) is 18.0 Å². The predicted molar refractivity (Wildman–Crippen MR) is 101 cm³/mol.